The number of likely N-dealkylation sites (tertiary alicyclic amines) is 1. The first-order valence-corrected chi connectivity index (χ1v) is 19.7. The van der Waals surface area contributed by atoms with Crippen LogP contribution in [0.3, 0.4) is 0 Å². The van der Waals surface area contributed by atoms with Crippen LogP contribution >= 0.6 is 0 Å². The third kappa shape index (κ3) is 11.1. The minimum absolute atomic E-state index is 0.116. The number of methoxy groups -OCH3 is 2. The van der Waals surface area contributed by atoms with E-state index in [4.69, 9.17) is 24.7 Å². The molecule has 0 aromatic heterocycles. The molecule has 55 heavy (non-hydrogen) atoms. The number of piperazine rings is 1. The molecule has 2 saturated heterocycles. The summed E-state index contributed by atoms with van der Waals surface area (Å²) in [5.41, 5.74) is 6.49. The molecular formula is C37H54N6O11S. The Kier molecular flexibility index (Phi) is 15.0. The zero-order valence-corrected chi connectivity index (χ0v) is 33.3. The van der Waals surface area contributed by atoms with Crippen molar-refractivity contribution in [1.29, 1.82) is 0 Å². The van der Waals surface area contributed by atoms with Crippen LogP contribution in [0.25, 0.3) is 0 Å². The first-order valence-electron chi connectivity index (χ1n) is 18.3. The molecule has 0 radical (unpaired) electrons. The molecule has 2 fully saturated rings. The number of fused-ring (bicyclic) bond motifs is 2. The molecule has 6 atom stereocenters. The molecule has 17 nitrogen and oxygen atoms in total. The Morgan fingerprint density at radius 2 is 1.65 bits per heavy atom. The highest BCUT2D eigenvalue weighted by Crippen LogP contribution is 2.33. The van der Waals surface area contributed by atoms with E-state index in [9.17, 15) is 32.4 Å². The van der Waals surface area contributed by atoms with Gasteiger partial charge in [0.2, 0.25) is 11.6 Å². The van der Waals surface area contributed by atoms with Crippen LogP contribution in [0, 0.1) is 11.8 Å². The fraction of sp³-hybridized carbons (Fsp3) is 0.595. The summed E-state index contributed by atoms with van der Waals surface area (Å²) in [4.78, 5) is 70.1. The molecule has 0 aromatic carbocycles. The molecule has 3 heterocycles. The second-order valence-electron chi connectivity index (χ2n) is 14.4. The summed E-state index contributed by atoms with van der Waals surface area (Å²) in [5, 5.41) is 2.60. The standard InChI is InChI=1S/C37H54N6O11S/c1-22-18-26-31(42-12-9-13-42)28(44)21-27(32(26)45)39-35(46)23(2)10-8-11-29(51-6)33(53-36(38)47)24(3)20-25(4)34(30(19-22)52-7)54-37(48)40-55(49,50)43-16-14-41(5)15-17-43/h8,10-11,20-22,25,29-30,33-34H,9,12-19H2,1-7H3,(H2,38,47)(H,39,46)(H,40,48)/b11-8-,23-10+,24-20+/t22-,25+,29?,30+,33+,34?/m1/s1. The highest BCUT2D eigenvalue weighted by atomic mass is 32.2. The van der Waals surface area contributed by atoms with Crippen molar-refractivity contribution in [3.8, 4) is 0 Å². The van der Waals surface area contributed by atoms with Gasteiger partial charge in [0.15, 0.2) is 6.10 Å². The van der Waals surface area contributed by atoms with Crippen LogP contribution in [0.2, 0.25) is 0 Å². The van der Waals surface area contributed by atoms with Crippen LogP contribution in [0.15, 0.2) is 58.5 Å². The molecule has 18 heteroatoms. The smallest absolute Gasteiger partial charge is 0.422 e. The van der Waals surface area contributed by atoms with Gasteiger partial charge in [-0.25, -0.2) is 14.3 Å². The number of ether oxygens (including phenoxy) is 4. The Morgan fingerprint density at radius 1 is 0.982 bits per heavy atom. The van der Waals surface area contributed by atoms with E-state index in [0.29, 0.717) is 31.8 Å². The van der Waals surface area contributed by atoms with Crippen LogP contribution in [0.1, 0.15) is 47.0 Å². The maximum atomic E-state index is 14.0. The van der Waals surface area contributed by atoms with Crippen LogP contribution < -0.4 is 15.8 Å². The molecule has 0 spiro atoms. The zero-order valence-electron chi connectivity index (χ0n) is 32.5. The van der Waals surface area contributed by atoms with Gasteiger partial charge in [0, 0.05) is 76.6 Å². The quantitative estimate of drug-likeness (QED) is 0.248. The zero-order chi connectivity index (χ0) is 40.6. The Hall–Kier alpha value is -4.36. The van der Waals surface area contributed by atoms with Crippen molar-refractivity contribution in [3.63, 3.8) is 0 Å². The molecule has 4 N–H and O–H groups in total. The molecule has 3 aliphatic heterocycles. The number of likely N-dealkylation sites (N-methyl/N-ethyl adjacent to an activating group) is 1. The van der Waals surface area contributed by atoms with Gasteiger partial charge in [-0.1, -0.05) is 38.2 Å². The average molecular weight is 791 g/mol. The lowest BCUT2D eigenvalue weighted by Crippen LogP contribution is -2.52. The van der Waals surface area contributed by atoms with E-state index in [1.807, 2.05) is 28.5 Å². The number of carbonyl (C=O) groups excluding carboxylic acids is 5. The predicted molar refractivity (Wildman–Crippen MR) is 201 cm³/mol. The number of carbonyl (C=O) groups is 5. The van der Waals surface area contributed by atoms with Crippen LogP contribution in [0.5, 0.6) is 0 Å². The number of amides is 3. The highest BCUT2D eigenvalue weighted by molar-refractivity contribution is 7.87. The van der Waals surface area contributed by atoms with E-state index in [-0.39, 0.29) is 54.4 Å². The van der Waals surface area contributed by atoms with Crippen molar-refractivity contribution < 1.29 is 51.3 Å². The number of allylic oxidation sites excluding steroid dienone is 4. The van der Waals surface area contributed by atoms with E-state index in [1.165, 1.54) is 37.6 Å². The Bertz CT molecular complexity index is 1760. The van der Waals surface area contributed by atoms with Gasteiger partial charge in [0.05, 0.1) is 17.5 Å². The molecule has 0 saturated carbocycles. The summed E-state index contributed by atoms with van der Waals surface area (Å²) in [7, 11) is 0.428. The van der Waals surface area contributed by atoms with E-state index >= 15 is 0 Å². The number of nitrogens with two attached hydrogens (primary N) is 1. The first kappa shape index (κ1) is 43.4. The fourth-order valence-corrected chi connectivity index (χ4v) is 8.00. The van der Waals surface area contributed by atoms with Crippen LogP contribution in [-0.4, -0.2) is 137 Å². The summed E-state index contributed by atoms with van der Waals surface area (Å²) >= 11 is 0. The number of hydrogen-bond donors (Lipinski definition) is 3. The second kappa shape index (κ2) is 19.0. The Balaban J connectivity index is 1.77. The van der Waals surface area contributed by atoms with Gasteiger partial charge in [-0.05, 0) is 51.6 Å². The number of nitrogens with one attached hydrogen (secondary N) is 2. The van der Waals surface area contributed by atoms with Gasteiger partial charge >= 0.3 is 22.4 Å². The highest BCUT2D eigenvalue weighted by Gasteiger charge is 2.38. The average Bonchev–Trinajstić information content (AvgIpc) is 3.09. The first-order chi connectivity index (χ1) is 25.9. The summed E-state index contributed by atoms with van der Waals surface area (Å²) in [6.45, 7) is 9.32. The lowest BCUT2D eigenvalue weighted by Gasteiger charge is -2.37. The van der Waals surface area contributed by atoms with Crippen molar-refractivity contribution in [2.45, 2.75) is 71.4 Å². The number of rotatable bonds is 7. The topological polar surface area (TPSA) is 216 Å². The van der Waals surface area contributed by atoms with Gasteiger partial charge in [-0.15, -0.1) is 0 Å². The Labute approximate surface area is 322 Å². The molecule has 4 aliphatic rings. The molecular weight excluding hydrogens is 737 g/mol. The van der Waals surface area contributed by atoms with Crippen molar-refractivity contribution >= 4 is 39.9 Å². The van der Waals surface area contributed by atoms with Gasteiger partial charge in [0.1, 0.15) is 12.2 Å². The third-order valence-electron chi connectivity index (χ3n) is 10.2. The molecule has 304 valence electrons. The van der Waals surface area contributed by atoms with E-state index in [2.05, 4.69) is 5.32 Å². The summed E-state index contributed by atoms with van der Waals surface area (Å²) in [6.07, 6.45) is 2.25. The van der Waals surface area contributed by atoms with Crippen molar-refractivity contribution in [3.05, 3.63) is 58.5 Å². The monoisotopic (exact) mass is 790 g/mol. The summed E-state index contributed by atoms with van der Waals surface area (Å²) in [5.74, 6) is -2.55. The summed E-state index contributed by atoms with van der Waals surface area (Å²) < 4.78 is 52.5. The number of ketones is 2. The third-order valence-corrected chi connectivity index (χ3v) is 11.6. The van der Waals surface area contributed by atoms with Crippen molar-refractivity contribution in [1.82, 2.24) is 24.1 Å². The molecule has 2 unspecified atom stereocenters. The van der Waals surface area contributed by atoms with Gasteiger partial charge in [0.25, 0.3) is 5.91 Å². The van der Waals surface area contributed by atoms with Crippen LogP contribution in [0.4, 0.5) is 9.59 Å². The number of hydrogen-bond acceptors (Lipinski definition) is 13. The lowest BCUT2D eigenvalue weighted by molar-refractivity contribution is -0.120. The SMILES string of the molecule is COC1/C=C\C=C(/C)C(=O)NC2=CC(=O)C(N3CCC3)=C(C[C@@H](C)C[C@H](OC)C(OC(=O)NS(=O)(=O)N3CCN(C)CC3)[C@@H](C)/C=C(\C)[C@@H]1OC(N)=O)C2=O. The van der Waals surface area contributed by atoms with Crippen LogP contribution in [-0.2, 0) is 43.5 Å². The minimum atomic E-state index is -4.25. The predicted octanol–water partition coefficient (Wildman–Crippen LogP) is 1.69. The van der Waals surface area contributed by atoms with Gasteiger partial charge < -0.3 is 39.8 Å². The maximum absolute atomic E-state index is 14.0. The number of primary amides is 1. The minimum Gasteiger partial charge on any atom is -0.442 e. The largest absolute Gasteiger partial charge is 0.442 e. The molecule has 1 aliphatic carbocycles. The fourth-order valence-electron chi connectivity index (χ4n) is 6.97. The molecule has 2 bridgehead atoms. The molecule has 3 amide bonds. The van der Waals surface area contributed by atoms with Crippen molar-refractivity contribution in [2.24, 2.45) is 17.6 Å². The maximum Gasteiger partial charge on any atom is 0.422 e. The van der Waals surface area contributed by atoms with Crippen molar-refractivity contribution in [2.75, 3.05) is 60.5 Å². The normalized spacial score (nSPS) is 30.9. The van der Waals surface area contributed by atoms with Gasteiger partial charge in [-0.2, -0.15) is 12.7 Å². The van der Waals surface area contributed by atoms with E-state index < -0.39 is 70.2 Å². The second-order valence-corrected chi connectivity index (χ2v) is 16.1. The van der Waals surface area contributed by atoms with E-state index in [0.717, 1.165) is 12.5 Å². The van der Waals surface area contributed by atoms with Gasteiger partial charge in [-0.3, -0.25) is 14.4 Å². The molecule has 4 rings (SSSR count). The Morgan fingerprint density at radius 3 is 2.24 bits per heavy atom. The lowest BCUT2D eigenvalue weighted by atomic mass is 9.84. The number of Topliss-reactive ketones (excluding diaryl/α,β-unsaturated/α-hetero) is 1. The number of nitrogens with zero attached hydrogens (tertiary/aromatic N) is 3. The summed E-state index contributed by atoms with van der Waals surface area (Å²) in [6, 6.07) is 0. The van der Waals surface area contributed by atoms with E-state index in [1.54, 1.807) is 26.0 Å². The molecule has 0 aromatic rings.